The van der Waals surface area contributed by atoms with Crippen LogP contribution in [0.15, 0.2) is 41.2 Å². The number of anilines is 1. The predicted molar refractivity (Wildman–Crippen MR) is 92.0 cm³/mol. The van der Waals surface area contributed by atoms with E-state index in [1.54, 1.807) is 42.0 Å². The molecule has 0 saturated heterocycles. The molecule has 0 radical (unpaired) electrons. The fraction of sp³-hybridized carbons (Fsp3) is 0.294. The van der Waals surface area contributed by atoms with Gasteiger partial charge in [0.05, 0.1) is 14.2 Å². The van der Waals surface area contributed by atoms with Crippen LogP contribution in [0.3, 0.4) is 0 Å². The number of methoxy groups -OCH3 is 2. The molecule has 1 heterocycles. The number of aryl methyl sites for hydroxylation is 1. The summed E-state index contributed by atoms with van der Waals surface area (Å²) in [4.78, 5) is 23.9. The molecule has 7 heteroatoms. The Morgan fingerprint density at radius 3 is 2.54 bits per heavy atom. The van der Waals surface area contributed by atoms with Crippen molar-refractivity contribution in [3.8, 4) is 11.5 Å². The first-order chi connectivity index (χ1) is 11.5. The first kappa shape index (κ1) is 17.4. The third-order valence-corrected chi connectivity index (χ3v) is 3.49. The third-order valence-electron chi connectivity index (χ3n) is 3.49. The Morgan fingerprint density at radius 2 is 1.88 bits per heavy atom. The first-order valence-electron chi connectivity index (χ1n) is 7.48. The molecule has 128 valence electrons. The average Bonchev–Trinajstić information content (AvgIpc) is 2.57. The average molecular weight is 331 g/mol. The number of nitrogens with zero attached hydrogens (tertiary/aromatic N) is 1. The van der Waals surface area contributed by atoms with E-state index in [1.165, 1.54) is 13.2 Å². The van der Waals surface area contributed by atoms with Crippen LogP contribution in [-0.4, -0.2) is 31.4 Å². The van der Waals surface area contributed by atoms with Crippen LogP contribution in [0.25, 0.3) is 0 Å². The van der Waals surface area contributed by atoms with Crippen molar-refractivity contribution in [2.24, 2.45) is 0 Å². The second kappa shape index (κ2) is 8.05. The molecule has 0 aliphatic heterocycles. The molecule has 0 atom stereocenters. The molecule has 2 amide bonds. The first-order valence-corrected chi connectivity index (χ1v) is 7.48. The summed E-state index contributed by atoms with van der Waals surface area (Å²) in [6.45, 7) is 2.52. The predicted octanol–water partition coefficient (Wildman–Crippen LogP) is 2.00. The van der Waals surface area contributed by atoms with E-state index in [9.17, 15) is 9.59 Å². The van der Waals surface area contributed by atoms with E-state index in [-0.39, 0.29) is 11.6 Å². The van der Waals surface area contributed by atoms with Crippen LogP contribution in [0.2, 0.25) is 0 Å². The SMILES string of the molecule is COc1cccc(NC(=O)NCCn2c(C)cc(OC)cc2=O)c1. The summed E-state index contributed by atoms with van der Waals surface area (Å²) >= 11 is 0. The smallest absolute Gasteiger partial charge is 0.319 e. The minimum Gasteiger partial charge on any atom is -0.497 e. The molecule has 2 rings (SSSR count). The van der Waals surface area contributed by atoms with Crippen molar-refractivity contribution >= 4 is 11.7 Å². The number of ether oxygens (including phenoxy) is 2. The van der Waals surface area contributed by atoms with E-state index >= 15 is 0 Å². The van der Waals surface area contributed by atoms with E-state index in [0.29, 0.717) is 30.3 Å². The van der Waals surface area contributed by atoms with Gasteiger partial charge >= 0.3 is 6.03 Å². The maximum Gasteiger partial charge on any atom is 0.319 e. The van der Waals surface area contributed by atoms with Crippen LogP contribution in [0.1, 0.15) is 5.69 Å². The monoisotopic (exact) mass is 331 g/mol. The van der Waals surface area contributed by atoms with Gasteiger partial charge in [-0.1, -0.05) is 6.07 Å². The standard InChI is InChI=1S/C17H21N3O4/c1-12-9-15(24-3)11-16(21)20(12)8-7-18-17(22)19-13-5-4-6-14(10-13)23-2/h4-6,9-11H,7-8H2,1-3H3,(H2,18,19,22). The summed E-state index contributed by atoms with van der Waals surface area (Å²) in [5, 5.41) is 5.43. The molecule has 2 N–H and O–H groups in total. The molecular formula is C17H21N3O4. The molecule has 24 heavy (non-hydrogen) atoms. The van der Waals surface area contributed by atoms with E-state index < -0.39 is 0 Å². The molecule has 0 unspecified atom stereocenters. The highest BCUT2D eigenvalue weighted by atomic mass is 16.5. The zero-order chi connectivity index (χ0) is 17.5. The number of pyridine rings is 1. The molecule has 0 aliphatic rings. The van der Waals surface area contributed by atoms with Crippen molar-refractivity contribution in [1.82, 2.24) is 9.88 Å². The number of carbonyl (C=O) groups is 1. The molecule has 0 fully saturated rings. The van der Waals surface area contributed by atoms with E-state index in [4.69, 9.17) is 9.47 Å². The van der Waals surface area contributed by atoms with Gasteiger partial charge in [-0.2, -0.15) is 0 Å². The van der Waals surface area contributed by atoms with Crippen LogP contribution in [0.5, 0.6) is 11.5 Å². The van der Waals surface area contributed by atoms with Crippen molar-refractivity contribution in [2.45, 2.75) is 13.5 Å². The normalized spacial score (nSPS) is 10.1. The Hall–Kier alpha value is -2.96. The molecule has 2 aromatic rings. The Kier molecular flexibility index (Phi) is 5.83. The van der Waals surface area contributed by atoms with Crippen LogP contribution in [0.4, 0.5) is 10.5 Å². The third kappa shape index (κ3) is 4.52. The van der Waals surface area contributed by atoms with Crippen molar-refractivity contribution in [1.29, 1.82) is 0 Å². The van der Waals surface area contributed by atoms with Crippen LogP contribution >= 0.6 is 0 Å². The van der Waals surface area contributed by atoms with Gasteiger partial charge in [0.1, 0.15) is 11.5 Å². The summed E-state index contributed by atoms with van der Waals surface area (Å²) in [7, 11) is 3.08. The summed E-state index contributed by atoms with van der Waals surface area (Å²) < 4.78 is 11.7. The van der Waals surface area contributed by atoms with Gasteiger partial charge in [0, 0.05) is 36.6 Å². The van der Waals surface area contributed by atoms with E-state index in [2.05, 4.69) is 10.6 Å². The number of carbonyl (C=O) groups excluding carboxylic acids is 1. The van der Waals surface area contributed by atoms with Crippen molar-refractivity contribution < 1.29 is 14.3 Å². The zero-order valence-electron chi connectivity index (χ0n) is 14.0. The second-order valence-corrected chi connectivity index (χ2v) is 5.14. The Morgan fingerprint density at radius 1 is 1.12 bits per heavy atom. The molecular weight excluding hydrogens is 310 g/mol. The van der Waals surface area contributed by atoms with Crippen molar-refractivity contribution in [3.05, 3.63) is 52.4 Å². The van der Waals surface area contributed by atoms with Gasteiger partial charge in [-0.25, -0.2) is 4.79 Å². The van der Waals surface area contributed by atoms with Gasteiger partial charge in [0.15, 0.2) is 0 Å². The number of rotatable bonds is 6. The van der Waals surface area contributed by atoms with Crippen LogP contribution in [-0.2, 0) is 6.54 Å². The quantitative estimate of drug-likeness (QED) is 0.848. The maximum atomic E-state index is 12.0. The molecule has 7 nitrogen and oxygen atoms in total. The number of hydrogen-bond donors (Lipinski definition) is 2. The summed E-state index contributed by atoms with van der Waals surface area (Å²) in [6.07, 6.45) is 0. The molecule has 1 aromatic carbocycles. The summed E-state index contributed by atoms with van der Waals surface area (Å²) in [6, 6.07) is 9.91. The lowest BCUT2D eigenvalue weighted by Crippen LogP contribution is -2.34. The molecule has 0 saturated carbocycles. The van der Waals surface area contributed by atoms with Crippen LogP contribution in [0, 0.1) is 6.92 Å². The van der Waals surface area contributed by atoms with Gasteiger partial charge in [-0.15, -0.1) is 0 Å². The number of nitrogens with one attached hydrogen (secondary N) is 2. The van der Waals surface area contributed by atoms with E-state index in [0.717, 1.165) is 5.69 Å². The van der Waals surface area contributed by atoms with E-state index in [1.807, 2.05) is 6.92 Å². The number of benzene rings is 1. The Labute approximate surface area is 140 Å². The summed E-state index contributed by atoms with van der Waals surface area (Å²) in [5.74, 6) is 1.19. The Balaban J connectivity index is 1.90. The largest absolute Gasteiger partial charge is 0.497 e. The molecule has 0 bridgehead atoms. The minimum atomic E-state index is -0.345. The second-order valence-electron chi connectivity index (χ2n) is 5.14. The van der Waals surface area contributed by atoms with Gasteiger partial charge in [0.25, 0.3) is 5.56 Å². The highest BCUT2D eigenvalue weighted by Gasteiger charge is 2.06. The van der Waals surface area contributed by atoms with Gasteiger partial charge in [-0.3, -0.25) is 4.79 Å². The lowest BCUT2D eigenvalue weighted by atomic mass is 10.3. The maximum absolute atomic E-state index is 12.0. The van der Waals surface area contributed by atoms with Gasteiger partial charge in [0.2, 0.25) is 0 Å². The van der Waals surface area contributed by atoms with Crippen LogP contribution < -0.4 is 25.7 Å². The highest BCUT2D eigenvalue weighted by molar-refractivity contribution is 5.89. The lowest BCUT2D eigenvalue weighted by molar-refractivity contribution is 0.251. The number of urea groups is 1. The minimum absolute atomic E-state index is 0.165. The number of hydrogen-bond acceptors (Lipinski definition) is 4. The zero-order valence-corrected chi connectivity index (χ0v) is 14.0. The summed E-state index contributed by atoms with van der Waals surface area (Å²) in [5.41, 5.74) is 1.24. The fourth-order valence-corrected chi connectivity index (χ4v) is 2.26. The number of amides is 2. The fourth-order valence-electron chi connectivity index (χ4n) is 2.26. The topological polar surface area (TPSA) is 81.6 Å². The Bertz CT molecular complexity index is 771. The highest BCUT2D eigenvalue weighted by Crippen LogP contribution is 2.16. The molecule has 0 spiro atoms. The van der Waals surface area contributed by atoms with Gasteiger partial charge < -0.3 is 24.7 Å². The molecule has 0 aliphatic carbocycles. The molecule has 1 aromatic heterocycles. The van der Waals surface area contributed by atoms with Crippen molar-refractivity contribution in [2.75, 3.05) is 26.1 Å². The van der Waals surface area contributed by atoms with Crippen molar-refractivity contribution in [3.63, 3.8) is 0 Å². The van der Waals surface area contributed by atoms with Gasteiger partial charge in [-0.05, 0) is 25.1 Å². The number of aromatic nitrogens is 1. The lowest BCUT2D eigenvalue weighted by Gasteiger charge is -2.12.